The number of carbonyl (C=O) groups excluding carboxylic acids is 1. The van der Waals surface area contributed by atoms with Gasteiger partial charge in [-0.2, -0.15) is 0 Å². The van der Waals surface area contributed by atoms with Crippen molar-refractivity contribution in [3.63, 3.8) is 0 Å². The van der Waals surface area contributed by atoms with Gasteiger partial charge in [-0.3, -0.25) is 4.79 Å². The van der Waals surface area contributed by atoms with Gasteiger partial charge in [-0.05, 0) is 48.4 Å². The summed E-state index contributed by atoms with van der Waals surface area (Å²) in [7, 11) is 0. The highest BCUT2D eigenvalue weighted by molar-refractivity contribution is 5.93. The molecule has 0 spiro atoms. The number of aromatic nitrogens is 2. The molecular weight excluding hydrogens is 352 g/mol. The minimum Gasteiger partial charge on any atom is -0.378 e. The van der Waals surface area contributed by atoms with Crippen molar-refractivity contribution in [1.29, 1.82) is 0 Å². The normalized spacial score (nSPS) is 19.4. The van der Waals surface area contributed by atoms with E-state index in [4.69, 9.17) is 9.72 Å². The highest BCUT2D eigenvalue weighted by Gasteiger charge is 2.27. The molecule has 0 unspecified atom stereocenters. The average molecular weight is 380 g/mol. The van der Waals surface area contributed by atoms with Crippen molar-refractivity contribution in [2.45, 2.75) is 39.0 Å². The van der Waals surface area contributed by atoms with Crippen LogP contribution in [0, 0.1) is 5.92 Å². The monoisotopic (exact) mass is 380 g/mol. The molecule has 2 heterocycles. The molecule has 1 aromatic carbocycles. The van der Waals surface area contributed by atoms with Crippen LogP contribution in [0.2, 0.25) is 0 Å². The summed E-state index contributed by atoms with van der Waals surface area (Å²) in [6.45, 7) is 7.42. The minimum atomic E-state index is -0.0342. The number of amides is 1. The van der Waals surface area contributed by atoms with Crippen LogP contribution in [0.4, 0.5) is 11.6 Å². The van der Waals surface area contributed by atoms with Crippen LogP contribution < -0.4 is 10.2 Å². The Kier molecular flexibility index (Phi) is 5.57. The topological polar surface area (TPSA) is 67.4 Å². The van der Waals surface area contributed by atoms with E-state index in [0.717, 1.165) is 62.0 Å². The van der Waals surface area contributed by atoms with Gasteiger partial charge in [0.2, 0.25) is 11.9 Å². The van der Waals surface area contributed by atoms with Crippen LogP contribution in [0.25, 0.3) is 0 Å². The minimum absolute atomic E-state index is 0.0342. The lowest BCUT2D eigenvalue weighted by Gasteiger charge is -2.28. The molecule has 148 valence electrons. The Morgan fingerprint density at radius 2 is 2.11 bits per heavy atom. The average Bonchev–Trinajstić information content (AvgIpc) is 2.73. The highest BCUT2D eigenvalue weighted by Crippen LogP contribution is 2.27. The van der Waals surface area contributed by atoms with Crippen LogP contribution >= 0.6 is 0 Å². The van der Waals surface area contributed by atoms with E-state index in [1.54, 1.807) is 0 Å². The van der Waals surface area contributed by atoms with Gasteiger partial charge in [0, 0.05) is 36.6 Å². The van der Waals surface area contributed by atoms with Gasteiger partial charge in [0.05, 0.1) is 13.2 Å². The molecule has 1 saturated heterocycles. The van der Waals surface area contributed by atoms with Crippen LogP contribution in [0.15, 0.2) is 30.5 Å². The lowest BCUT2D eigenvalue weighted by atomic mass is 9.86. The Morgan fingerprint density at radius 3 is 2.89 bits per heavy atom. The maximum Gasteiger partial charge on any atom is 0.227 e. The number of hydrogen-bond acceptors (Lipinski definition) is 5. The number of aryl methyl sites for hydroxylation is 1. The zero-order valence-corrected chi connectivity index (χ0v) is 16.6. The van der Waals surface area contributed by atoms with E-state index >= 15 is 0 Å². The van der Waals surface area contributed by atoms with Crippen molar-refractivity contribution in [3.8, 4) is 0 Å². The fraction of sp³-hybridized carbons (Fsp3) is 0.500. The molecule has 4 rings (SSSR count). The molecular formula is C22H28N4O2. The number of morpholine rings is 1. The molecule has 28 heavy (non-hydrogen) atoms. The second-order valence-corrected chi connectivity index (χ2v) is 7.95. The molecule has 2 aromatic rings. The van der Waals surface area contributed by atoms with Gasteiger partial charge in [0.15, 0.2) is 0 Å². The van der Waals surface area contributed by atoms with E-state index < -0.39 is 0 Å². The smallest absolute Gasteiger partial charge is 0.227 e. The SMILES string of the molecule is CC(C)c1cccc(NC(=O)[C@@H]2CCc3nc(N4CCOCC4)ncc3C2)c1. The van der Waals surface area contributed by atoms with Gasteiger partial charge in [-0.25, -0.2) is 9.97 Å². The van der Waals surface area contributed by atoms with Crippen molar-refractivity contribution in [3.05, 3.63) is 47.3 Å². The number of carbonyl (C=O) groups is 1. The first-order valence-electron chi connectivity index (χ1n) is 10.2. The largest absolute Gasteiger partial charge is 0.378 e. The Morgan fingerprint density at radius 1 is 1.29 bits per heavy atom. The number of anilines is 2. The number of rotatable bonds is 4. The molecule has 1 aromatic heterocycles. The van der Waals surface area contributed by atoms with Gasteiger partial charge >= 0.3 is 0 Å². The molecule has 1 N–H and O–H groups in total. The summed E-state index contributed by atoms with van der Waals surface area (Å²) in [5.41, 5.74) is 4.29. The zero-order chi connectivity index (χ0) is 19.5. The predicted octanol–water partition coefficient (Wildman–Crippen LogP) is 3.18. The first-order valence-corrected chi connectivity index (χ1v) is 10.2. The maximum absolute atomic E-state index is 12.8. The Hall–Kier alpha value is -2.47. The van der Waals surface area contributed by atoms with Crippen LogP contribution in [-0.4, -0.2) is 42.2 Å². The molecule has 1 aliphatic carbocycles. The van der Waals surface area contributed by atoms with Crippen LogP contribution in [-0.2, 0) is 22.4 Å². The Bertz CT molecular complexity index is 846. The number of nitrogens with zero attached hydrogens (tertiary/aromatic N) is 3. The van der Waals surface area contributed by atoms with Crippen molar-refractivity contribution in [2.75, 3.05) is 36.5 Å². The maximum atomic E-state index is 12.8. The molecule has 1 amide bonds. The van der Waals surface area contributed by atoms with Crippen LogP contribution in [0.3, 0.4) is 0 Å². The standard InChI is InChI=1S/C22H28N4O2/c1-15(2)16-4-3-5-19(13-16)24-21(27)17-6-7-20-18(12-17)14-23-22(25-20)26-8-10-28-11-9-26/h3-5,13-15,17H,6-12H2,1-2H3,(H,24,27)/t17-/m1/s1. The van der Waals surface area contributed by atoms with E-state index in [-0.39, 0.29) is 11.8 Å². The van der Waals surface area contributed by atoms with Crippen molar-refractivity contribution >= 4 is 17.5 Å². The van der Waals surface area contributed by atoms with Crippen LogP contribution in [0.1, 0.15) is 43.0 Å². The third-order valence-corrected chi connectivity index (χ3v) is 5.62. The quantitative estimate of drug-likeness (QED) is 0.882. The number of ether oxygens (including phenoxy) is 1. The highest BCUT2D eigenvalue weighted by atomic mass is 16.5. The second kappa shape index (κ2) is 8.27. The molecule has 0 bridgehead atoms. The Balaban J connectivity index is 1.42. The van der Waals surface area contributed by atoms with Crippen LogP contribution in [0.5, 0.6) is 0 Å². The van der Waals surface area contributed by atoms with Crippen molar-refractivity contribution < 1.29 is 9.53 Å². The fourth-order valence-electron chi connectivity index (χ4n) is 3.86. The first-order chi connectivity index (χ1) is 13.6. The van der Waals surface area contributed by atoms with Crippen molar-refractivity contribution in [2.24, 2.45) is 5.92 Å². The molecule has 6 nitrogen and oxygen atoms in total. The van der Waals surface area contributed by atoms with Gasteiger partial charge in [-0.1, -0.05) is 26.0 Å². The van der Waals surface area contributed by atoms with Gasteiger partial charge in [0.25, 0.3) is 0 Å². The van der Waals surface area contributed by atoms with Gasteiger partial charge < -0.3 is 15.0 Å². The van der Waals surface area contributed by atoms with Gasteiger partial charge in [0.1, 0.15) is 0 Å². The number of hydrogen-bond donors (Lipinski definition) is 1. The molecule has 0 radical (unpaired) electrons. The van der Waals surface area contributed by atoms with Crippen molar-refractivity contribution in [1.82, 2.24) is 9.97 Å². The van der Waals surface area contributed by atoms with E-state index in [1.807, 2.05) is 18.3 Å². The Labute approximate surface area is 166 Å². The molecule has 2 aliphatic rings. The van der Waals surface area contributed by atoms with E-state index in [9.17, 15) is 4.79 Å². The molecule has 6 heteroatoms. The summed E-state index contributed by atoms with van der Waals surface area (Å²) < 4.78 is 5.40. The molecule has 1 atom stereocenters. The van der Waals surface area contributed by atoms with E-state index in [1.165, 1.54) is 5.56 Å². The molecule has 1 fully saturated rings. The number of benzene rings is 1. The first kappa shape index (κ1) is 18.9. The summed E-state index contributed by atoms with van der Waals surface area (Å²) in [5, 5.41) is 3.10. The number of fused-ring (bicyclic) bond motifs is 1. The summed E-state index contributed by atoms with van der Waals surface area (Å²) in [6, 6.07) is 8.12. The fourth-order valence-corrected chi connectivity index (χ4v) is 3.86. The lowest BCUT2D eigenvalue weighted by molar-refractivity contribution is -0.120. The molecule has 0 saturated carbocycles. The number of nitrogens with one attached hydrogen (secondary N) is 1. The lowest BCUT2D eigenvalue weighted by Crippen LogP contribution is -2.38. The third-order valence-electron chi connectivity index (χ3n) is 5.62. The zero-order valence-electron chi connectivity index (χ0n) is 16.6. The second-order valence-electron chi connectivity index (χ2n) is 7.95. The van der Waals surface area contributed by atoms with E-state index in [0.29, 0.717) is 12.3 Å². The summed E-state index contributed by atoms with van der Waals surface area (Å²) >= 11 is 0. The third kappa shape index (κ3) is 4.17. The van der Waals surface area contributed by atoms with Gasteiger partial charge in [-0.15, -0.1) is 0 Å². The van der Waals surface area contributed by atoms with E-state index in [2.05, 4.69) is 41.2 Å². The summed E-state index contributed by atoms with van der Waals surface area (Å²) in [5.74, 6) is 1.28. The molecule has 1 aliphatic heterocycles. The summed E-state index contributed by atoms with van der Waals surface area (Å²) in [6.07, 6.45) is 4.25. The predicted molar refractivity (Wildman–Crippen MR) is 110 cm³/mol. The summed E-state index contributed by atoms with van der Waals surface area (Å²) in [4.78, 5) is 24.3.